The maximum atomic E-state index is 13.8. The highest BCUT2D eigenvalue weighted by Gasteiger charge is 2.17. The van der Waals surface area contributed by atoms with E-state index in [1.165, 1.54) is 25.5 Å². The van der Waals surface area contributed by atoms with E-state index in [-0.39, 0.29) is 11.7 Å². The first-order valence-electron chi connectivity index (χ1n) is 8.75. The van der Waals surface area contributed by atoms with Gasteiger partial charge in [-0.1, -0.05) is 31.4 Å². The molecule has 4 nitrogen and oxygen atoms in total. The molecule has 0 atom stereocenters. The van der Waals surface area contributed by atoms with Gasteiger partial charge in [0, 0.05) is 28.8 Å². The molecule has 25 heavy (non-hydrogen) atoms. The lowest BCUT2D eigenvalue weighted by Crippen LogP contribution is -2.36. The van der Waals surface area contributed by atoms with Gasteiger partial charge in [0.1, 0.15) is 0 Å². The monoisotopic (exact) mass is 337 g/mol. The minimum Gasteiger partial charge on any atom is -0.359 e. The second kappa shape index (κ2) is 6.67. The molecule has 0 unspecified atom stereocenters. The lowest BCUT2D eigenvalue weighted by molar-refractivity contribution is 0.0927. The molecule has 0 saturated heterocycles. The summed E-state index contributed by atoms with van der Waals surface area (Å²) in [4.78, 5) is 19.5. The molecular weight excluding hydrogens is 317 g/mol. The second-order valence-electron chi connectivity index (χ2n) is 6.61. The van der Waals surface area contributed by atoms with E-state index < -0.39 is 0 Å². The Bertz CT molecular complexity index is 895. The second-order valence-corrected chi connectivity index (χ2v) is 6.61. The van der Waals surface area contributed by atoms with Gasteiger partial charge in [0.2, 0.25) is 0 Å². The fourth-order valence-corrected chi connectivity index (χ4v) is 3.54. The SMILES string of the molecule is O=C(NC1CCCCC1)c1ccc(-c2ncc(F)c3[nH]ccc23)cc1. The number of nitrogens with zero attached hydrogens (tertiary/aromatic N) is 1. The molecule has 4 rings (SSSR count). The van der Waals surface area contributed by atoms with Gasteiger partial charge in [-0.25, -0.2) is 4.39 Å². The van der Waals surface area contributed by atoms with Crippen LogP contribution in [-0.2, 0) is 0 Å². The molecule has 5 heteroatoms. The van der Waals surface area contributed by atoms with E-state index in [1.807, 2.05) is 18.2 Å². The third-order valence-electron chi connectivity index (χ3n) is 4.91. The zero-order chi connectivity index (χ0) is 17.2. The van der Waals surface area contributed by atoms with Crippen LogP contribution in [0.2, 0.25) is 0 Å². The minimum atomic E-state index is -0.368. The van der Waals surface area contributed by atoms with Crippen LogP contribution in [0, 0.1) is 5.82 Å². The van der Waals surface area contributed by atoms with Crippen LogP contribution in [0.4, 0.5) is 4.39 Å². The van der Waals surface area contributed by atoms with Gasteiger partial charge in [0.15, 0.2) is 5.82 Å². The van der Waals surface area contributed by atoms with Crippen molar-refractivity contribution in [2.75, 3.05) is 0 Å². The lowest BCUT2D eigenvalue weighted by Gasteiger charge is -2.22. The van der Waals surface area contributed by atoms with Crippen molar-refractivity contribution in [1.82, 2.24) is 15.3 Å². The number of benzene rings is 1. The van der Waals surface area contributed by atoms with Gasteiger partial charge in [0.25, 0.3) is 5.91 Å². The van der Waals surface area contributed by atoms with E-state index in [2.05, 4.69) is 15.3 Å². The predicted molar refractivity (Wildman–Crippen MR) is 95.8 cm³/mol. The number of carbonyl (C=O) groups is 1. The number of hydrogen-bond acceptors (Lipinski definition) is 2. The first-order chi connectivity index (χ1) is 12.2. The van der Waals surface area contributed by atoms with Crippen molar-refractivity contribution in [1.29, 1.82) is 0 Å². The molecule has 0 radical (unpaired) electrons. The largest absolute Gasteiger partial charge is 0.359 e. The molecule has 128 valence electrons. The molecule has 1 saturated carbocycles. The zero-order valence-corrected chi connectivity index (χ0v) is 13.9. The number of carbonyl (C=O) groups excluding carboxylic acids is 1. The number of fused-ring (bicyclic) bond motifs is 1. The number of hydrogen-bond donors (Lipinski definition) is 2. The predicted octanol–water partition coefficient (Wildman–Crippen LogP) is 4.43. The molecule has 0 aliphatic heterocycles. The fourth-order valence-electron chi connectivity index (χ4n) is 3.54. The summed E-state index contributed by atoms with van der Waals surface area (Å²) in [6, 6.07) is 9.43. The molecule has 1 fully saturated rings. The standard InChI is InChI=1S/C20H20FN3O/c21-17-12-23-18(16-10-11-22-19(16)17)13-6-8-14(9-7-13)20(25)24-15-4-2-1-3-5-15/h6-12,15,22H,1-5H2,(H,24,25). The molecule has 2 aromatic heterocycles. The van der Waals surface area contributed by atoms with Crippen molar-refractivity contribution in [2.24, 2.45) is 0 Å². The summed E-state index contributed by atoms with van der Waals surface area (Å²) < 4.78 is 13.8. The van der Waals surface area contributed by atoms with Crippen molar-refractivity contribution in [2.45, 2.75) is 38.1 Å². The quantitative estimate of drug-likeness (QED) is 0.743. The van der Waals surface area contributed by atoms with Crippen LogP contribution >= 0.6 is 0 Å². The Kier molecular flexibility index (Phi) is 4.22. The van der Waals surface area contributed by atoms with Crippen LogP contribution < -0.4 is 5.32 Å². The number of rotatable bonds is 3. The van der Waals surface area contributed by atoms with Gasteiger partial charge in [0.05, 0.1) is 17.4 Å². The van der Waals surface area contributed by atoms with E-state index >= 15 is 0 Å². The Morgan fingerprint density at radius 3 is 2.64 bits per heavy atom. The average molecular weight is 337 g/mol. The summed E-state index contributed by atoms with van der Waals surface area (Å²) in [5.74, 6) is -0.399. The Balaban J connectivity index is 1.56. The maximum Gasteiger partial charge on any atom is 0.251 e. The van der Waals surface area contributed by atoms with Crippen LogP contribution in [0.5, 0.6) is 0 Å². The van der Waals surface area contributed by atoms with Gasteiger partial charge in [-0.3, -0.25) is 9.78 Å². The number of H-pyrrole nitrogens is 1. The molecule has 2 heterocycles. The molecule has 0 bridgehead atoms. The van der Waals surface area contributed by atoms with Gasteiger partial charge >= 0.3 is 0 Å². The third-order valence-corrected chi connectivity index (χ3v) is 4.91. The van der Waals surface area contributed by atoms with Crippen molar-refractivity contribution in [3.8, 4) is 11.3 Å². The maximum absolute atomic E-state index is 13.8. The van der Waals surface area contributed by atoms with Crippen LogP contribution in [0.3, 0.4) is 0 Å². The molecule has 0 spiro atoms. The van der Waals surface area contributed by atoms with E-state index in [4.69, 9.17) is 0 Å². The highest BCUT2D eigenvalue weighted by molar-refractivity contribution is 5.96. The lowest BCUT2D eigenvalue weighted by atomic mass is 9.95. The Hall–Kier alpha value is -2.69. The van der Waals surface area contributed by atoms with Crippen molar-refractivity contribution >= 4 is 16.8 Å². The summed E-state index contributed by atoms with van der Waals surface area (Å²) in [6.07, 6.45) is 8.69. The first-order valence-corrected chi connectivity index (χ1v) is 8.75. The highest BCUT2D eigenvalue weighted by Crippen LogP contribution is 2.27. The highest BCUT2D eigenvalue weighted by atomic mass is 19.1. The normalized spacial score (nSPS) is 15.4. The Labute approximate surface area is 145 Å². The minimum absolute atomic E-state index is 0.0303. The summed E-state index contributed by atoms with van der Waals surface area (Å²) in [6.45, 7) is 0. The Morgan fingerprint density at radius 1 is 1.12 bits per heavy atom. The number of aromatic nitrogens is 2. The van der Waals surface area contributed by atoms with Crippen molar-refractivity contribution < 1.29 is 9.18 Å². The van der Waals surface area contributed by atoms with E-state index in [1.54, 1.807) is 18.3 Å². The third kappa shape index (κ3) is 3.14. The van der Waals surface area contributed by atoms with Gasteiger partial charge < -0.3 is 10.3 Å². The molecule has 1 amide bonds. The zero-order valence-electron chi connectivity index (χ0n) is 13.9. The van der Waals surface area contributed by atoms with Crippen LogP contribution in [0.1, 0.15) is 42.5 Å². The number of pyridine rings is 1. The molecular formula is C20H20FN3O. The number of nitrogens with one attached hydrogen (secondary N) is 2. The topological polar surface area (TPSA) is 57.8 Å². The van der Waals surface area contributed by atoms with Crippen LogP contribution in [-0.4, -0.2) is 21.9 Å². The smallest absolute Gasteiger partial charge is 0.251 e. The van der Waals surface area contributed by atoms with E-state index in [0.717, 1.165) is 23.8 Å². The molecule has 1 aromatic carbocycles. The molecule has 1 aliphatic rings. The summed E-state index contributed by atoms with van der Waals surface area (Å²) in [7, 11) is 0. The fraction of sp³-hybridized carbons (Fsp3) is 0.300. The van der Waals surface area contributed by atoms with Crippen LogP contribution in [0.15, 0.2) is 42.7 Å². The number of aromatic amines is 1. The summed E-state index contributed by atoms with van der Waals surface area (Å²) in [5.41, 5.74) is 2.65. The van der Waals surface area contributed by atoms with Gasteiger partial charge in [-0.15, -0.1) is 0 Å². The van der Waals surface area contributed by atoms with Crippen molar-refractivity contribution in [3.63, 3.8) is 0 Å². The molecule has 2 N–H and O–H groups in total. The Morgan fingerprint density at radius 2 is 1.88 bits per heavy atom. The van der Waals surface area contributed by atoms with Gasteiger partial charge in [-0.2, -0.15) is 0 Å². The van der Waals surface area contributed by atoms with E-state index in [9.17, 15) is 9.18 Å². The summed E-state index contributed by atoms with van der Waals surface area (Å²) >= 11 is 0. The summed E-state index contributed by atoms with van der Waals surface area (Å²) in [5, 5.41) is 3.85. The molecule has 3 aromatic rings. The average Bonchev–Trinajstić information content (AvgIpc) is 3.14. The van der Waals surface area contributed by atoms with Crippen molar-refractivity contribution in [3.05, 3.63) is 54.1 Å². The van der Waals surface area contributed by atoms with E-state index in [0.29, 0.717) is 22.8 Å². The van der Waals surface area contributed by atoms with Crippen LogP contribution in [0.25, 0.3) is 22.2 Å². The first kappa shape index (κ1) is 15.8. The number of halogens is 1. The molecule has 1 aliphatic carbocycles. The van der Waals surface area contributed by atoms with Gasteiger partial charge in [-0.05, 0) is 31.0 Å². The number of amides is 1.